The maximum atomic E-state index is 14.0. The number of ether oxygens (including phenoxy) is 2. The van der Waals surface area contributed by atoms with Gasteiger partial charge in [0.25, 0.3) is 0 Å². The second kappa shape index (κ2) is 25.3. The second-order valence-electron chi connectivity index (χ2n) is 18.6. The number of nitrogens with zero attached hydrogens (tertiary/aromatic N) is 2. The molecule has 2 amide bonds. The Morgan fingerprint density at radius 3 is 1.32 bits per heavy atom. The third kappa shape index (κ3) is 14.6. The zero-order chi connectivity index (χ0) is 55.9. The Kier molecular flexibility index (Phi) is 19.5. The molecule has 3 heterocycles. The molecule has 2 unspecified atom stereocenters. The minimum Gasteiger partial charge on any atom is -0.453 e. The monoisotopic (exact) mass is 1190 g/mol. The molecular formula is C55H52BF7N4O9PdS. The van der Waals surface area contributed by atoms with Crippen molar-refractivity contribution in [3.05, 3.63) is 179 Å². The van der Waals surface area contributed by atoms with Gasteiger partial charge in [0.1, 0.15) is 29.0 Å². The minimum atomic E-state index is -5.75. The number of aliphatic imine (C=N–C) groups is 2. The quantitative estimate of drug-likeness (QED) is 0.0588. The van der Waals surface area contributed by atoms with Gasteiger partial charge in [0.15, 0.2) is 0 Å². The van der Waals surface area contributed by atoms with Gasteiger partial charge in [0.05, 0.1) is 48.6 Å². The summed E-state index contributed by atoms with van der Waals surface area (Å²) >= 11 is 0. The summed E-state index contributed by atoms with van der Waals surface area (Å²) in [6, 6.07) is 34.4. The van der Waals surface area contributed by atoms with E-state index in [0.29, 0.717) is 41.9 Å². The van der Waals surface area contributed by atoms with E-state index in [1.165, 1.54) is 50.6 Å². The van der Waals surface area contributed by atoms with Crippen LogP contribution in [0.2, 0.25) is 0 Å². The summed E-state index contributed by atoms with van der Waals surface area (Å²) in [4.78, 5) is 31.3. The number of rotatable bonds is 10. The van der Waals surface area contributed by atoms with E-state index >= 15 is 0 Å². The Bertz CT molecular complexity index is 3200. The van der Waals surface area contributed by atoms with Gasteiger partial charge in [0, 0.05) is 43.2 Å². The first kappa shape index (κ1) is 60.3. The first-order valence-electron chi connectivity index (χ1n) is 23.9. The molecule has 3 aliphatic rings. The zero-order valence-electron chi connectivity index (χ0n) is 42.7. The van der Waals surface area contributed by atoms with Gasteiger partial charge in [0.2, 0.25) is 0 Å². The Balaban J connectivity index is 0.000000192. The SMILES string of the molecule is COC(=O)Nc1ccc(-c2ccc(C3CCC(c4c(F)cccc4F)=N3)cc2)cc1.COC(=O)Nc1ccc(B2OC(C)(C)C(C)(C)O2)cc1.O=S(=O)(Oc1ccc(C2CCC(c3c(F)cccc3F)=N2)cc1)C(F)(F)F.[Pd]. The molecule has 414 valence electrons. The van der Waals surface area contributed by atoms with Crippen molar-refractivity contribution in [1.82, 2.24) is 0 Å². The molecule has 1 fully saturated rings. The summed E-state index contributed by atoms with van der Waals surface area (Å²) in [7, 11) is -3.50. The predicted molar refractivity (Wildman–Crippen MR) is 278 cm³/mol. The van der Waals surface area contributed by atoms with Gasteiger partial charge < -0.3 is 23.0 Å². The first-order chi connectivity index (χ1) is 36.4. The molecule has 0 spiro atoms. The number of nitrogens with one attached hydrogen (secondary N) is 2. The number of carbonyl (C=O) groups is 2. The van der Waals surface area contributed by atoms with Gasteiger partial charge >= 0.3 is 34.9 Å². The fraction of sp³-hybridized carbons (Fsp3) is 0.273. The van der Waals surface area contributed by atoms with E-state index < -0.39 is 70.0 Å². The van der Waals surface area contributed by atoms with Crippen LogP contribution in [0.5, 0.6) is 5.75 Å². The molecule has 0 aromatic heterocycles. The largest absolute Gasteiger partial charge is 0.534 e. The third-order valence-electron chi connectivity index (χ3n) is 13.0. The van der Waals surface area contributed by atoms with Crippen molar-refractivity contribution in [3.63, 3.8) is 0 Å². The number of amides is 2. The summed E-state index contributed by atoms with van der Waals surface area (Å²) < 4.78 is 140. The molecule has 2 N–H and O–H groups in total. The van der Waals surface area contributed by atoms with E-state index in [-0.39, 0.29) is 54.5 Å². The molecule has 13 nitrogen and oxygen atoms in total. The van der Waals surface area contributed by atoms with Crippen LogP contribution in [0.25, 0.3) is 11.1 Å². The van der Waals surface area contributed by atoms with Crippen LogP contribution in [0, 0.1) is 23.3 Å². The summed E-state index contributed by atoms with van der Waals surface area (Å²) in [5.41, 5.74) is 0.0882. The van der Waals surface area contributed by atoms with E-state index in [0.717, 1.165) is 52.8 Å². The van der Waals surface area contributed by atoms with Crippen LogP contribution in [0.4, 0.5) is 51.7 Å². The normalized spacial score (nSPS) is 17.2. The average Bonchev–Trinajstić information content (AvgIpc) is 4.18. The molecule has 0 radical (unpaired) electrons. The Morgan fingerprint density at radius 1 is 0.590 bits per heavy atom. The maximum absolute atomic E-state index is 14.0. The zero-order valence-corrected chi connectivity index (χ0v) is 45.1. The van der Waals surface area contributed by atoms with E-state index in [9.17, 15) is 48.7 Å². The van der Waals surface area contributed by atoms with Crippen molar-refractivity contribution in [3.8, 4) is 16.9 Å². The van der Waals surface area contributed by atoms with Crippen molar-refractivity contribution in [2.24, 2.45) is 9.98 Å². The minimum absolute atomic E-state index is 0. The Hall–Kier alpha value is -6.89. The van der Waals surface area contributed by atoms with Gasteiger partial charge in [-0.1, -0.05) is 72.8 Å². The van der Waals surface area contributed by atoms with E-state index in [4.69, 9.17) is 9.31 Å². The van der Waals surface area contributed by atoms with Gasteiger partial charge in [-0.3, -0.25) is 20.6 Å². The summed E-state index contributed by atoms with van der Waals surface area (Å²) in [6.45, 7) is 8.06. The Labute approximate surface area is 460 Å². The van der Waals surface area contributed by atoms with E-state index in [1.807, 2.05) is 76.2 Å². The van der Waals surface area contributed by atoms with Crippen LogP contribution in [0.1, 0.15) is 87.7 Å². The number of hydrogen-bond donors (Lipinski definition) is 2. The van der Waals surface area contributed by atoms with Crippen LogP contribution in [-0.4, -0.2) is 70.1 Å². The van der Waals surface area contributed by atoms with E-state index in [1.54, 1.807) is 24.3 Å². The first-order valence-corrected chi connectivity index (χ1v) is 25.3. The van der Waals surface area contributed by atoms with Crippen LogP contribution < -0.4 is 20.3 Å². The standard InChI is InChI=1S/C24H20F2N2O2.C17H12F5NO3S.C14H20BNO4.Pd/c1-30-24(29)27-18-11-9-16(10-12-18)15-5-7-17(8-6-15)21-13-14-22(28-21)23-19(25)3-2-4-20(23)26;18-12-2-1-3-13(19)16(12)15-9-8-14(23-15)10-4-6-11(7-5-10)26-27(24,25)17(20,21)22;1-13(2)14(3,4)20-15(19-13)10-6-8-11(9-7-10)16-12(17)18-5;/h2-12,21H,13-14H2,1H3,(H,27,29);1-7,14H,8-9H2;6-9H,1-5H3,(H,16,17);. The number of alkyl halides is 3. The van der Waals surface area contributed by atoms with Crippen LogP contribution in [-0.2, 0) is 49.3 Å². The molecule has 2 atom stereocenters. The van der Waals surface area contributed by atoms with Crippen LogP contribution >= 0.6 is 0 Å². The topological polar surface area (TPSA) is 163 Å². The molecule has 0 aliphatic carbocycles. The molecule has 6 aromatic rings. The molecule has 9 rings (SSSR count). The molecule has 0 bridgehead atoms. The number of carbonyl (C=O) groups excluding carboxylic acids is 2. The molecule has 78 heavy (non-hydrogen) atoms. The average molecular weight is 1200 g/mol. The molecular weight excluding hydrogens is 1140 g/mol. The number of benzene rings is 6. The molecule has 1 saturated heterocycles. The summed E-state index contributed by atoms with van der Waals surface area (Å²) in [5.74, 6) is -3.10. The predicted octanol–water partition coefficient (Wildman–Crippen LogP) is 12.8. The Morgan fingerprint density at radius 2 is 0.949 bits per heavy atom. The van der Waals surface area contributed by atoms with Crippen molar-refractivity contribution < 1.29 is 92.1 Å². The molecule has 23 heteroatoms. The van der Waals surface area contributed by atoms with Crippen LogP contribution in [0.3, 0.4) is 0 Å². The van der Waals surface area contributed by atoms with Crippen molar-refractivity contribution in [2.45, 2.75) is 82.2 Å². The second-order valence-corrected chi connectivity index (χ2v) is 20.2. The van der Waals surface area contributed by atoms with Gasteiger partial charge in [-0.15, -0.1) is 0 Å². The fourth-order valence-electron chi connectivity index (χ4n) is 8.19. The number of halogens is 7. The van der Waals surface area contributed by atoms with Gasteiger partial charge in [-0.25, -0.2) is 27.2 Å². The number of hydrogen-bond acceptors (Lipinski definition) is 11. The number of anilines is 2. The summed E-state index contributed by atoms with van der Waals surface area (Å²) in [5, 5.41) is 5.21. The van der Waals surface area contributed by atoms with Gasteiger partial charge in [-0.05, 0) is 142 Å². The maximum Gasteiger partial charge on any atom is 0.534 e. The van der Waals surface area contributed by atoms with Crippen molar-refractivity contribution in [2.75, 3.05) is 24.9 Å². The molecule has 0 saturated carbocycles. The number of methoxy groups -OCH3 is 2. The van der Waals surface area contributed by atoms with Crippen molar-refractivity contribution >= 4 is 57.7 Å². The molecule has 3 aliphatic heterocycles. The summed E-state index contributed by atoms with van der Waals surface area (Å²) in [6.07, 6.45) is 1.02. The fourth-order valence-corrected chi connectivity index (χ4v) is 8.65. The van der Waals surface area contributed by atoms with Crippen molar-refractivity contribution in [1.29, 1.82) is 0 Å². The van der Waals surface area contributed by atoms with E-state index in [2.05, 4.69) is 34.3 Å². The van der Waals surface area contributed by atoms with Crippen LogP contribution in [0.15, 0.2) is 143 Å². The smallest absolute Gasteiger partial charge is 0.453 e. The van der Waals surface area contributed by atoms with Gasteiger partial charge in [-0.2, -0.15) is 21.6 Å². The molecule has 6 aromatic carbocycles. The third-order valence-corrected chi connectivity index (χ3v) is 14.0.